The molecule has 1 heteroatoms. The lowest BCUT2D eigenvalue weighted by atomic mass is 9.99. The van der Waals surface area contributed by atoms with Crippen molar-refractivity contribution < 1.29 is 0 Å². The fraction of sp³-hybridized carbons (Fsp3) is 0.250. The van der Waals surface area contributed by atoms with Gasteiger partial charge in [0.15, 0.2) is 0 Å². The second-order valence-corrected chi connectivity index (χ2v) is 5.72. The summed E-state index contributed by atoms with van der Waals surface area (Å²) in [6.45, 7) is 4.51. The largest absolute Gasteiger partial charge is 0.0625 e. The van der Waals surface area contributed by atoms with Crippen LogP contribution in [-0.4, -0.2) is 0 Å². The first-order valence-electron chi connectivity index (χ1n) is 6.00. The van der Waals surface area contributed by atoms with Gasteiger partial charge >= 0.3 is 0 Å². The Bertz CT molecular complexity index is 466. The minimum absolute atomic E-state index is 0.716. The third-order valence-corrected chi connectivity index (χ3v) is 3.30. The van der Waals surface area contributed by atoms with Gasteiger partial charge in [0.05, 0.1) is 0 Å². The standard InChI is InChI=1S/C16H17Br/c1-12(2)11-13-3-5-14(6-4-13)15-7-9-16(17)10-8-15/h3-10,12H,11H2,1-2H3. The summed E-state index contributed by atoms with van der Waals surface area (Å²) in [5, 5.41) is 0. The van der Waals surface area contributed by atoms with Crippen molar-refractivity contribution in [3.8, 4) is 11.1 Å². The van der Waals surface area contributed by atoms with Crippen LogP contribution in [0.2, 0.25) is 0 Å². The molecule has 0 aliphatic carbocycles. The molecular weight excluding hydrogens is 272 g/mol. The molecule has 0 aromatic heterocycles. The number of halogens is 1. The van der Waals surface area contributed by atoms with Gasteiger partial charge in [-0.2, -0.15) is 0 Å². The number of rotatable bonds is 3. The average molecular weight is 289 g/mol. The van der Waals surface area contributed by atoms with Gasteiger partial charge in [0.25, 0.3) is 0 Å². The van der Waals surface area contributed by atoms with Crippen molar-refractivity contribution in [1.82, 2.24) is 0 Å². The molecule has 2 aromatic carbocycles. The highest BCUT2D eigenvalue weighted by Gasteiger charge is 2.00. The highest BCUT2D eigenvalue weighted by atomic mass is 79.9. The quantitative estimate of drug-likeness (QED) is 0.718. The van der Waals surface area contributed by atoms with Crippen molar-refractivity contribution >= 4 is 15.9 Å². The van der Waals surface area contributed by atoms with Gasteiger partial charge in [0, 0.05) is 4.47 Å². The number of hydrogen-bond donors (Lipinski definition) is 0. The molecule has 0 radical (unpaired) electrons. The third-order valence-electron chi connectivity index (χ3n) is 2.78. The summed E-state index contributed by atoms with van der Waals surface area (Å²) in [4.78, 5) is 0. The maximum Gasteiger partial charge on any atom is 0.0175 e. The van der Waals surface area contributed by atoms with Crippen molar-refractivity contribution in [3.05, 3.63) is 58.6 Å². The predicted octanol–water partition coefficient (Wildman–Crippen LogP) is 5.31. The minimum atomic E-state index is 0.716. The molecule has 0 amide bonds. The molecule has 0 saturated heterocycles. The molecule has 2 aromatic rings. The molecule has 0 bridgehead atoms. The first-order valence-corrected chi connectivity index (χ1v) is 6.79. The molecule has 0 unspecified atom stereocenters. The molecule has 0 heterocycles. The highest BCUT2D eigenvalue weighted by molar-refractivity contribution is 9.10. The first-order chi connectivity index (χ1) is 8.15. The van der Waals surface area contributed by atoms with Gasteiger partial charge in [-0.15, -0.1) is 0 Å². The van der Waals surface area contributed by atoms with Gasteiger partial charge in [-0.25, -0.2) is 0 Å². The van der Waals surface area contributed by atoms with Gasteiger partial charge in [0.1, 0.15) is 0 Å². The van der Waals surface area contributed by atoms with E-state index in [0.29, 0.717) is 5.92 Å². The molecule has 0 atom stereocenters. The van der Waals surface area contributed by atoms with E-state index in [9.17, 15) is 0 Å². The van der Waals surface area contributed by atoms with Crippen molar-refractivity contribution in [3.63, 3.8) is 0 Å². The van der Waals surface area contributed by atoms with Crippen LogP contribution in [0.15, 0.2) is 53.0 Å². The zero-order valence-electron chi connectivity index (χ0n) is 10.3. The molecule has 0 aliphatic heterocycles. The Morgan fingerprint density at radius 1 is 0.824 bits per heavy atom. The first kappa shape index (κ1) is 12.4. The monoisotopic (exact) mass is 288 g/mol. The maximum atomic E-state index is 3.46. The van der Waals surface area contributed by atoms with E-state index in [1.165, 1.54) is 16.7 Å². The zero-order valence-corrected chi connectivity index (χ0v) is 11.9. The summed E-state index contributed by atoms with van der Waals surface area (Å²) in [5.74, 6) is 0.716. The van der Waals surface area contributed by atoms with Gasteiger partial charge in [-0.1, -0.05) is 66.2 Å². The summed E-state index contributed by atoms with van der Waals surface area (Å²) >= 11 is 3.46. The van der Waals surface area contributed by atoms with E-state index >= 15 is 0 Å². The zero-order chi connectivity index (χ0) is 12.3. The van der Waals surface area contributed by atoms with E-state index < -0.39 is 0 Å². The summed E-state index contributed by atoms with van der Waals surface area (Å²) in [5.41, 5.74) is 3.97. The second-order valence-electron chi connectivity index (χ2n) is 4.80. The molecule has 0 spiro atoms. The van der Waals surface area contributed by atoms with Crippen molar-refractivity contribution in [2.75, 3.05) is 0 Å². The van der Waals surface area contributed by atoms with E-state index in [-0.39, 0.29) is 0 Å². The van der Waals surface area contributed by atoms with Crippen LogP contribution >= 0.6 is 15.9 Å². The molecule has 0 saturated carbocycles. The maximum absolute atomic E-state index is 3.46. The number of hydrogen-bond acceptors (Lipinski definition) is 0. The van der Waals surface area contributed by atoms with E-state index in [1.807, 2.05) is 0 Å². The van der Waals surface area contributed by atoms with Crippen LogP contribution in [0, 0.1) is 5.92 Å². The lowest BCUT2D eigenvalue weighted by Crippen LogP contribution is -1.93. The predicted molar refractivity (Wildman–Crippen MR) is 78.1 cm³/mol. The van der Waals surface area contributed by atoms with Crippen LogP contribution in [0.25, 0.3) is 11.1 Å². The molecule has 0 nitrogen and oxygen atoms in total. The Labute approximate surface area is 112 Å². The van der Waals surface area contributed by atoms with Gasteiger partial charge in [0.2, 0.25) is 0 Å². The molecule has 0 aliphatic rings. The van der Waals surface area contributed by atoms with Crippen molar-refractivity contribution in [2.24, 2.45) is 5.92 Å². The summed E-state index contributed by atoms with van der Waals surface area (Å²) in [7, 11) is 0. The number of benzene rings is 2. The second kappa shape index (κ2) is 5.50. The minimum Gasteiger partial charge on any atom is -0.0625 e. The molecule has 17 heavy (non-hydrogen) atoms. The van der Waals surface area contributed by atoms with Crippen LogP contribution in [0.1, 0.15) is 19.4 Å². The fourth-order valence-corrected chi connectivity index (χ4v) is 2.21. The normalized spacial score (nSPS) is 10.8. The Kier molecular flexibility index (Phi) is 4.01. The van der Waals surface area contributed by atoms with Crippen molar-refractivity contribution in [1.29, 1.82) is 0 Å². The van der Waals surface area contributed by atoms with E-state index in [1.54, 1.807) is 0 Å². The van der Waals surface area contributed by atoms with Crippen molar-refractivity contribution in [2.45, 2.75) is 20.3 Å². The Morgan fingerprint density at radius 2 is 1.29 bits per heavy atom. The Balaban J connectivity index is 2.20. The van der Waals surface area contributed by atoms with Crippen LogP contribution in [-0.2, 0) is 6.42 Å². The molecule has 88 valence electrons. The summed E-state index contributed by atoms with van der Waals surface area (Å²) in [6.07, 6.45) is 1.15. The van der Waals surface area contributed by atoms with Gasteiger partial charge < -0.3 is 0 Å². The van der Waals surface area contributed by atoms with Crippen LogP contribution in [0.4, 0.5) is 0 Å². The SMILES string of the molecule is CC(C)Cc1ccc(-c2ccc(Br)cc2)cc1. The van der Waals surface area contributed by atoms with E-state index in [2.05, 4.69) is 78.3 Å². The van der Waals surface area contributed by atoms with Crippen LogP contribution in [0.3, 0.4) is 0 Å². The topological polar surface area (TPSA) is 0 Å². The van der Waals surface area contributed by atoms with E-state index in [4.69, 9.17) is 0 Å². The van der Waals surface area contributed by atoms with E-state index in [0.717, 1.165) is 10.9 Å². The lowest BCUT2D eigenvalue weighted by molar-refractivity contribution is 0.647. The van der Waals surface area contributed by atoms with Gasteiger partial charge in [-0.3, -0.25) is 0 Å². The third kappa shape index (κ3) is 3.44. The van der Waals surface area contributed by atoms with Crippen LogP contribution in [0.5, 0.6) is 0 Å². The average Bonchev–Trinajstić information content (AvgIpc) is 2.30. The Morgan fingerprint density at radius 3 is 1.76 bits per heavy atom. The Hall–Kier alpha value is -1.08. The summed E-state index contributed by atoms with van der Waals surface area (Å²) in [6, 6.07) is 17.3. The molecule has 2 rings (SSSR count). The molecule has 0 fully saturated rings. The lowest BCUT2D eigenvalue weighted by Gasteiger charge is -2.06. The molecular formula is C16H17Br. The highest BCUT2D eigenvalue weighted by Crippen LogP contribution is 2.22. The van der Waals surface area contributed by atoms with Crippen LogP contribution < -0.4 is 0 Å². The van der Waals surface area contributed by atoms with Gasteiger partial charge in [-0.05, 0) is 41.2 Å². The summed E-state index contributed by atoms with van der Waals surface area (Å²) < 4.78 is 1.12. The molecule has 0 N–H and O–H groups in total. The fourth-order valence-electron chi connectivity index (χ4n) is 1.95. The smallest absolute Gasteiger partial charge is 0.0175 e.